The fourth-order valence-electron chi connectivity index (χ4n) is 1.64. The molecule has 0 bridgehead atoms. The Bertz CT molecular complexity index is 422. The van der Waals surface area contributed by atoms with Crippen molar-refractivity contribution in [2.75, 3.05) is 18.9 Å². The Morgan fingerprint density at radius 1 is 1.37 bits per heavy atom. The first-order chi connectivity index (χ1) is 8.84. The fraction of sp³-hybridized carbons (Fsp3) is 0.533. The fourth-order valence-corrected chi connectivity index (χ4v) is 1.64. The van der Waals surface area contributed by atoms with Crippen LogP contribution in [0.5, 0.6) is 0 Å². The second-order valence-corrected chi connectivity index (χ2v) is 5.35. The third-order valence-electron chi connectivity index (χ3n) is 3.09. The van der Waals surface area contributed by atoms with Gasteiger partial charge in [-0.2, -0.15) is 0 Å². The number of carbonyl (C=O) groups is 1. The predicted octanol–water partition coefficient (Wildman–Crippen LogP) is 2.51. The Balaban J connectivity index is 2.43. The molecule has 1 amide bonds. The van der Waals surface area contributed by atoms with E-state index in [0.717, 1.165) is 12.0 Å². The predicted molar refractivity (Wildman–Crippen MR) is 78.2 cm³/mol. The smallest absolute Gasteiger partial charge is 0.251 e. The van der Waals surface area contributed by atoms with Gasteiger partial charge in [-0.3, -0.25) is 4.79 Å². The first-order valence-corrected chi connectivity index (χ1v) is 6.63. The minimum Gasteiger partial charge on any atom is -0.399 e. The van der Waals surface area contributed by atoms with Crippen LogP contribution in [-0.4, -0.2) is 24.7 Å². The molecule has 0 atom stereocenters. The number of hydrogen-bond donors (Lipinski definition) is 2. The van der Waals surface area contributed by atoms with Crippen LogP contribution in [0.25, 0.3) is 0 Å². The lowest BCUT2D eigenvalue weighted by Crippen LogP contribution is -2.31. The van der Waals surface area contributed by atoms with Gasteiger partial charge < -0.3 is 15.8 Å². The number of nitrogen functional groups attached to an aromatic ring is 1. The monoisotopic (exact) mass is 264 g/mol. The van der Waals surface area contributed by atoms with Crippen molar-refractivity contribution in [2.24, 2.45) is 0 Å². The maximum atomic E-state index is 11.9. The van der Waals surface area contributed by atoms with E-state index in [2.05, 4.69) is 12.2 Å². The molecule has 0 aromatic heterocycles. The van der Waals surface area contributed by atoms with Crippen molar-refractivity contribution in [3.05, 3.63) is 29.3 Å². The molecule has 0 aliphatic rings. The summed E-state index contributed by atoms with van der Waals surface area (Å²) in [5, 5.41) is 2.83. The van der Waals surface area contributed by atoms with Gasteiger partial charge in [-0.05, 0) is 51.0 Å². The number of benzene rings is 1. The highest BCUT2D eigenvalue weighted by Gasteiger charge is 2.14. The van der Waals surface area contributed by atoms with Gasteiger partial charge in [-0.1, -0.05) is 6.92 Å². The molecule has 0 aliphatic heterocycles. The third-order valence-corrected chi connectivity index (χ3v) is 3.09. The summed E-state index contributed by atoms with van der Waals surface area (Å²) in [6, 6.07) is 5.34. The Kier molecular flexibility index (Phi) is 5.36. The Morgan fingerprint density at radius 3 is 2.63 bits per heavy atom. The van der Waals surface area contributed by atoms with Gasteiger partial charge in [0.1, 0.15) is 0 Å². The molecule has 0 fully saturated rings. The third kappa shape index (κ3) is 5.30. The second-order valence-electron chi connectivity index (χ2n) is 5.35. The van der Waals surface area contributed by atoms with Crippen LogP contribution in [0.3, 0.4) is 0 Å². The molecule has 0 radical (unpaired) electrons. The summed E-state index contributed by atoms with van der Waals surface area (Å²) >= 11 is 0. The Labute approximate surface area is 115 Å². The van der Waals surface area contributed by atoms with Gasteiger partial charge >= 0.3 is 0 Å². The maximum absolute atomic E-state index is 11.9. The summed E-state index contributed by atoms with van der Waals surface area (Å²) in [6.07, 6.45) is 0.940. The molecule has 0 saturated heterocycles. The normalized spacial score (nSPS) is 11.4. The lowest BCUT2D eigenvalue weighted by Gasteiger charge is -2.23. The van der Waals surface area contributed by atoms with Crippen molar-refractivity contribution >= 4 is 11.6 Å². The summed E-state index contributed by atoms with van der Waals surface area (Å²) in [7, 11) is 0. The lowest BCUT2D eigenvalue weighted by atomic mass is 10.1. The van der Waals surface area contributed by atoms with Crippen molar-refractivity contribution in [1.29, 1.82) is 0 Å². The summed E-state index contributed by atoms with van der Waals surface area (Å²) in [5.74, 6) is -0.117. The SMILES string of the molecule is CCC(C)(C)OCCNC(=O)c1cc(C)cc(N)c1. The molecule has 0 spiro atoms. The van der Waals surface area contributed by atoms with Gasteiger partial charge in [-0.25, -0.2) is 0 Å². The van der Waals surface area contributed by atoms with E-state index in [-0.39, 0.29) is 11.5 Å². The molecule has 0 aliphatic carbocycles. The van der Waals surface area contributed by atoms with E-state index in [0.29, 0.717) is 24.4 Å². The molecule has 106 valence electrons. The van der Waals surface area contributed by atoms with Crippen molar-refractivity contribution in [1.82, 2.24) is 5.32 Å². The van der Waals surface area contributed by atoms with E-state index >= 15 is 0 Å². The first-order valence-electron chi connectivity index (χ1n) is 6.63. The Hall–Kier alpha value is -1.55. The van der Waals surface area contributed by atoms with Crippen LogP contribution < -0.4 is 11.1 Å². The van der Waals surface area contributed by atoms with Crippen LogP contribution in [-0.2, 0) is 4.74 Å². The van der Waals surface area contributed by atoms with Gasteiger partial charge in [-0.15, -0.1) is 0 Å². The number of anilines is 1. The molecule has 19 heavy (non-hydrogen) atoms. The van der Waals surface area contributed by atoms with Crippen LogP contribution >= 0.6 is 0 Å². The molecule has 0 heterocycles. The highest BCUT2D eigenvalue weighted by molar-refractivity contribution is 5.95. The summed E-state index contributed by atoms with van der Waals surface area (Å²) in [5.41, 5.74) is 7.76. The number of aryl methyl sites for hydroxylation is 1. The molecular weight excluding hydrogens is 240 g/mol. The zero-order valence-electron chi connectivity index (χ0n) is 12.2. The van der Waals surface area contributed by atoms with Crippen molar-refractivity contribution in [2.45, 2.75) is 39.7 Å². The van der Waals surface area contributed by atoms with Gasteiger partial charge in [0.15, 0.2) is 0 Å². The lowest BCUT2D eigenvalue weighted by molar-refractivity contribution is -0.0177. The molecule has 1 aromatic rings. The van der Waals surface area contributed by atoms with Crippen LogP contribution in [0, 0.1) is 6.92 Å². The summed E-state index contributed by atoms with van der Waals surface area (Å²) in [4.78, 5) is 11.9. The van der Waals surface area contributed by atoms with E-state index in [1.54, 1.807) is 6.07 Å². The molecule has 4 heteroatoms. The Morgan fingerprint density at radius 2 is 2.05 bits per heavy atom. The average molecular weight is 264 g/mol. The number of nitrogens with two attached hydrogens (primary N) is 1. The van der Waals surface area contributed by atoms with Crippen molar-refractivity contribution < 1.29 is 9.53 Å². The number of carbonyl (C=O) groups excluding carboxylic acids is 1. The van der Waals surface area contributed by atoms with E-state index in [4.69, 9.17) is 10.5 Å². The highest BCUT2D eigenvalue weighted by Crippen LogP contribution is 2.13. The van der Waals surface area contributed by atoms with Crippen molar-refractivity contribution in [3.63, 3.8) is 0 Å². The van der Waals surface area contributed by atoms with Gasteiger partial charge in [0.25, 0.3) is 5.91 Å². The number of ether oxygens (including phenoxy) is 1. The van der Waals surface area contributed by atoms with Crippen molar-refractivity contribution in [3.8, 4) is 0 Å². The molecule has 0 unspecified atom stereocenters. The highest BCUT2D eigenvalue weighted by atomic mass is 16.5. The second kappa shape index (κ2) is 6.57. The van der Waals surface area contributed by atoms with Crippen LogP contribution in [0.15, 0.2) is 18.2 Å². The molecule has 3 N–H and O–H groups in total. The summed E-state index contributed by atoms with van der Waals surface area (Å²) < 4.78 is 5.67. The standard InChI is InChI=1S/C15H24N2O2/c1-5-15(3,4)19-7-6-17-14(18)12-8-11(2)9-13(16)10-12/h8-10H,5-7,16H2,1-4H3,(H,17,18). The van der Waals surface area contributed by atoms with Gasteiger partial charge in [0.05, 0.1) is 12.2 Å². The number of rotatable bonds is 6. The first kappa shape index (κ1) is 15.5. The van der Waals surface area contributed by atoms with E-state index in [9.17, 15) is 4.79 Å². The van der Waals surface area contributed by atoms with E-state index in [1.807, 2.05) is 32.9 Å². The molecular formula is C15H24N2O2. The minimum absolute atomic E-state index is 0.117. The van der Waals surface area contributed by atoms with Gasteiger partial charge in [0.2, 0.25) is 0 Å². The van der Waals surface area contributed by atoms with Gasteiger partial charge in [0, 0.05) is 17.8 Å². The average Bonchev–Trinajstić information content (AvgIpc) is 2.33. The zero-order chi connectivity index (χ0) is 14.5. The maximum Gasteiger partial charge on any atom is 0.251 e. The molecule has 1 aromatic carbocycles. The van der Waals surface area contributed by atoms with Crippen LogP contribution in [0.1, 0.15) is 43.1 Å². The molecule has 1 rings (SSSR count). The van der Waals surface area contributed by atoms with Crippen LogP contribution in [0.2, 0.25) is 0 Å². The number of hydrogen-bond acceptors (Lipinski definition) is 3. The topological polar surface area (TPSA) is 64.3 Å². The van der Waals surface area contributed by atoms with Crippen LogP contribution in [0.4, 0.5) is 5.69 Å². The minimum atomic E-state index is -0.140. The van der Waals surface area contributed by atoms with E-state index < -0.39 is 0 Å². The summed E-state index contributed by atoms with van der Waals surface area (Å²) in [6.45, 7) is 9.07. The largest absolute Gasteiger partial charge is 0.399 e. The number of nitrogens with one attached hydrogen (secondary N) is 1. The molecule has 0 saturated carbocycles. The zero-order valence-corrected chi connectivity index (χ0v) is 12.2. The quantitative estimate of drug-likeness (QED) is 0.613. The van der Waals surface area contributed by atoms with E-state index in [1.165, 1.54) is 0 Å². The molecule has 4 nitrogen and oxygen atoms in total. The number of amides is 1.